The minimum Gasteiger partial charge on any atom is -0.494 e. The van der Waals surface area contributed by atoms with Crippen LogP contribution in [0.4, 0.5) is 0 Å². The lowest BCUT2D eigenvalue weighted by atomic mass is 10.2. The summed E-state index contributed by atoms with van der Waals surface area (Å²) in [5, 5.41) is 3.55. The van der Waals surface area contributed by atoms with Crippen molar-refractivity contribution < 1.29 is 40.0 Å². The molecule has 6 aromatic carbocycles. The lowest BCUT2D eigenvalue weighted by Crippen LogP contribution is -2.26. The highest BCUT2D eigenvalue weighted by atomic mass is 32.2. The van der Waals surface area contributed by atoms with E-state index in [1.165, 1.54) is 47.3 Å². The van der Waals surface area contributed by atoms with Gasteiger partial charge in [-0.05, 0) is 109 Å². The van der Waals surface area contributed by atoms with Crippen molar-refractivity contribution in [3.8, 4) is 17.2 Å². The summed E-state index contributed by atoms with van der Waals surface area (Å²) in [7, 11) is -14.6. The van der Waals surface area contributed by atoms with Crippen molar-refractivity contribution in [2.75, 3.05) is 6.61 Å². The Morgan fingerprint density at radius 2 is 1.15 bits per heavy atom. The quantitative estimate of drug-likeness (QED) is 0.101. The minimum absolute atomic E-state index is 0.00146. The molecule has 0 aliphatic rings. The molecule has 6 rings (SSSR count). The monoisotopic (exact) mass is 786 g/mol. The molecule has 0 radical (unpaired) electrons. The predicted octanol–water partition coefficient (Wildman–Crippen LogP) is 6.33. The molecule has 9 nitrogen and oxygen atoms in total. The molecule has 0 spiro atoms. The van der Waals surface area contributed by atoms with Gasteiger partial charge in [0.2, 0.25) is 0 Å². The van der Waals surface area contributed by atoms with Crippen LogP contribution in [-0.2, 0) is 31.2 Å². The summed E-state index contributed by atoms with van der Waals surface area (Å²) in [4.78, 5) is -1.13. The van der Waals surface area contributed by atoms with Gasteiger partial charge in [-0.2, -0.15) is 16.8 Å². The van der Waals surface area contributed by atoms with Crippen LogP contribution in [0.25, 0.3) is 0 Å². The van der Waals surface area contributed by atoms with Crippen molar-refractivity contribution in [3.05, 3.63) is 151 Å². The van der Waals surface area contributed by atoms with Gasteiger partial charge in [-0.1, -0.05) is 85.8 Å². The van der Waals surface area contributed by atoms with Crippen molar-refractivity contribution in [3.63, 3.8) is 0 Å². The number of ether oxygens (including phenoxy) is 2. The summed E-state index contributed by atoms with van der Waals surface area (Å²) < 4.78 is 96.8. The van der Waals surface area contributed by atoms with Gasteiger partial charge in [0, 0.05) is 15.9 Å². The molecule has 0 aromatic heterocycles. The van der Waals surface area contributed by atoms with Crippen LogP contribution in [-0.4, -0.2) is 32.5 Å². The van der Waals surface area contributed by atoms with Crippen molar-refractivity contribution in [1.29, 1.82) is 0 Å². The maximum atomic E-state index is 15.3. The number of hydrogen-bond donors (Lipinski definition) is 2. The largest absolute Gasteiger partial charge is 0.494 e. The Balaban J connectivity index is 1.41. The van der Waals surface area contributed by atoms with Crippen molar-refractivity contribution in [1.82, 2.24) is 0 Å². The van der Waals surface area contributed by atoms with Gasteiger partial charge in [0.25, 0.3) is 20.2 Å². The van der Waals surface area contributed by atoms with Gasteiger partial charge >= 0.3 is 0 Å². The molecule has 0 bridgehead atoms. The van der Waals surface area contributed by atoms with E-state index in [4.69, 9.17) is 9.47 Å². The smallest absolute Gasteiger partial charge is 0.298 e. The number of hydrogen-bond acceptors (Lipinski definition) is 7. The first-order valence-corrected chi connectivity index (χ1v) is 22.5. The third-order valence-electron chi connectivity index (χ3n) is 8.50. The molecule has 13 heteroatoms. The molecule has 53 heavy (non-hydrogen) atoms. The zero-order chi connectivity index (χ0) is 37.8. The molecular formula is C40H36O9P2S2. The summed E-state index contributed by atoms with van der Waals surface area (Å²) in [6.07, 6.45) is 0.933. The topological polar surface area (TPSA) is 144 Å². The molecule has 272 valence electrons. The fourth-order valence-corrected chi connectivity index (χ4v) is 12.2. The lowest BCUT2D eigenvalue weighted by Gasteiger charge is -2.22. The number of rotatable bonds is 13. The third kappa shape index (κ3) is 8.47. The zero-order valence-electron chi connectivity index (χ0n) is 28.7. The van der Waals surface area contributed by atoms with E-state index >= 15 is 4.57 Å². The molecule has 6 aromatic rings. The van der Waals surface area contributed by atoms with Gasteiger partial charge in [0.1, 0.15) is 22.1 Å². The molecule has 0 aliphatic carbocycles. The Morgan fingerprint density at radius 1 is 0.585 bits per heavy atom. The SMILES string of the molecule is CCOc1ccc(P(=O)(c2cccc(S(=O)(=O)O)c2)c2ccc(Oc3ccc(P(c4ccccc4)c4ccc(CC)cc4)cc3)c(S(=O)(=O)O)c2)cc1. The van der Waals surface area contributed by atoms with E-state index in [-0.39, 0.29) is 21.7 Å². The van der Waals surface area contributed by atoms with Crippen LogP contribution in [0.1, 0.15) is 19.4 Å². The fourth-order valence-electron chi connectivity index (χ4n) is 5.88. The van der Waals surface area contributed by atoms with Gasteiger partial charge in [0.15, 0.2) is 7.14 Å². The van der Waals surface area contributed by atoms with Crippen LogP contribution < -0.4 is 41.3 Å². The Kier molecular flexibility index (Phi) is 11.4. The second kappa shape index (κ2) is 15.8. The van der Waals surface area contributed by atoms with Crippen LogP contribution in [0, 0.1) is 0 Å². The maximum Gasteiger partial charge on any atom is 0.298 e. The fraction of sp³-hybridized carbons (Fsp3) is 0.100. The maximum absolute atomic E-state index is 15.3. The van der Waals surface area contributed by atoms with Crippen LogP contribution in [0.3, 0.4) is 0 Å². The van der Waals surface area contributed by atoms with Gasteiger partial charge in [-0.15, -0.1) is 0 Å². The van der Waals surface area contributed by atoms with E-state index in [0.29, 0.717) is 18.1 Å². The molecular weight excluding hydrogens is 751 g/mol. The van der Waals surface area contributed by atoms with Crippen LogP contribution in [0.15, 0.2) is 155 Å². The predicted molar refractivity (Wildman–Crippen MR) is 211 cm³/mol. The zero-order valence-corrected chi connectivity index (χ0v) is 32.2. The average Bonchev–Trinajstić information content (AvgIpc) is 3.16. The first-order chi connectivity index (χ1) is 25.3. The van der Waals surface area contributed by atoms with Crippen LogP contribution in [0.2, 0.25) is 0 Å². The highest BCUT2D eigenvalue weighted by Crippen LogP contribution is 2.45. The summed E-state index contributed by atoms with van der Waals surface area (Å²) in [5.74, 6) is 0.578. The van der Waals surface area contributed by atoms with E-state index in [2.05, 4.69) is 43.3 Å². The Labute approximate surface area is 310 Å². The highest BCUT2D eigenvalue weighted by Gasteiger charge is 2.33. The lowest BCUT2D eigenvalue weighted by molar-refractivity contribution is 0.340. The van der Waals surface area contributed by atoms with E-state index in [0.717, 1.165) is 35.2 Å². The van der Waals surface area contributed by atoms with Crippen molar-refractivity contribution in [2.24, 2.45) is 0 Å². The Morgan fingerprint density at radius 3 is 1.74 bits per heavy atom. The van der Waals surface area contributed by atoms with Crippen LogP contribution in [0.5, 0.6) is 17.2 Å². The van der Waals surface area contributed by atoms with Gasteiger partial charge < -0.3 is 14.0 Å². The highest BCUT2D eigenvalue weighted by molar-refractivity contribution is 7.87. The molecule has 2 unspecified atom stereocenters. The number of aryl methyl sites for hydroxylation is 1. The van der Waals surface area contributed by atoms with E-state index < -0.39 is 45.1 Å². The van der Waals surface area contributed by atoms with Gasteiger partial charge in [-0.25, -0.2) is 0 Å². The van der Waals surface area contributed by atoms with Crippen molar-refractivity contribution >= 4 is 67.1 Å². The van der Waals surface area contributed by atoms with Crippen LogP contribution >= 0.6 is 15.1 Å². The molecule has 0 heterocycles. The molecule has 2 atom stereocenters. The first kappa shape index (κ1) is 38.1. The summed E-state index contributed by atoms with van der Waals surface area (Å²) in [6.45, 7) is 4.31. The van der Waals surface area contributed by atoms with Crippen molar-refractivity contribution in [2.45, 2.75) is 30.1 Å². The second-order valence-electron chi connectivity index (χ2n) is 11.9. The molecule has 2 N–H and O–H groups in total. The average molecular weight is 787 g/mol. The number of benzene rings is 6. The molecule has 0 saturated heterocycles. The second-order valence-corrected chi connectivity index (χ2v) is 19.7. The van der Waals surface area contributed by atoms with E-state index in [9.17, 15) is 25.9 Å². The normalized spacial score (nSPS) is 13.5. The van der Waals surface area contributed by atoms with E-state index in [1.54, 1.807) is 24.3 Å². The minimum atomic E-state index is -4.94. The molecule has 0 fully saturated rings. The van der Waals surface area contributed by atoms with Gasteiger partial charge in [0.05, 0.1) is 11.5 Å². The standard InChI is InChI=1S/C40H36O9P2S2/c1-3-29-13-19-33(20-14-29)50(32-9-6-5-7-10-32)34-21-15-31(16-22-34)49-39-26-25-37(28-40(39)53(45,46)47)51(41,35-23-17-30(18-24-35)48-4-2)36-11-8-12-38(27-36)52(42,43)44/h5-28H,3-4H2,1-2H3,(H,42,43,44)(H,45,46,47). The summed E-state index contributed by atoms with van der Waals surface area (Å²) >= 11 is 0. The molecule has 0 aliphatic heterocycles. The van der Waals surface area contributed by atoms with E-state index in [1.807, 2.05) is 37.3 Å². The summed E-state index contributed by atoms with van der Waals surface area (Å²) in [6, 6.07) is 41.0. The summed E-state index contributed by atoms with van der Waals surface area (Å²) in [5.41, 5.74) is 1.24. The molecule has 0 saturated carbocycles. The molecule has 0 amide bonds. The first-order valence-electron chi connectivity index (χ1n) is 16.6. The third-order valence-corrected chi connectivity index (χ3v) is 15.7. The van der Waals surface area contributed by atoms with Gasteiger partial charge in [-0.3, -0.25) is 9.11 Å². The Hall–Kier alpha value is -4.60. The Bertz CT molecular complexity index is 2490.